The molecule has 2 aromatic rings. The van der Waals surface area contributed by atoms with E-state index >= 15 is 0 Å². The van der Waals surface area contributed by atoms with Crippen molar-refractivity contribution in [2.24, 2.45) is 0 Å². The van der Waals surface area contributed by atoms with Crippen molar-refractivity contribution in [1.82, 2.24) is 10.3 Å². The van der Waals surface area contributed by atoms with Crippen molar-refractivity contribution >= 4 is 11.6 Å². The number of aromatic nitrogens is 2. The quantitative estimate of drug-likeness (QED) is 0.560. The van der Waals surface area contributed by atoms with Gasteiger partial charge in [0.1, 0.15) is 0 Å². The summed E-state index contributed by atoms with van der Waals surface area (Å²) in [5.41, 5.74) is 0. The van der Waals surface area contributed by atoms with Crippen LogP contribution in [0.2, 0.25) is 0 Å². The summed E-state index contributed by atoms with van der Waals surface area (Å²) in [6.07, 6.45) is 0. The van der Waals surface area contributed by atoms with Crippen molar-refractivity contribution in [2.45, 2.75) is 0 Å². The maximum Gasteiger partial charge on any atom is 0.414 e. The summed E-state index contributed by atoms with van der Waals surface area (Å²) in [6, 6.07) is 1.95. The van der Waals surface area contributed by atoms with Crippen LogP contribution in [0.1, 0.15) is 0 Å². The van der Waals surface area contributed by atoms with E-state index in [1.807, 2.05) is 0 Å². The zero-order valence-electron chi connectivity index (χ0n) is 7.39. The Kier molecular flexibility index (Phi) is 2.08. The Hall–Kier alpha value is -2.78. The number of hydrogen-bond donors (Lipinski definition) is 0. The van der Waals surface area contributed by atoms with Crippen LogP contribution in [-0.2, 0) is 0 Å². The lowest BCUT2D eigenvalue weighted by Gasteiger charge is -1.80. The van der Waals surface area contributed by atoms with Crippen LogP contribution in [0.25, 0.3) is 11.5 Å². The molecule has 0 atom stereocenters. The molecule has 0 unspecified atom stereocenters. The molecule has 0 bridgehead atoms. The third kappa shape index (κ3) is 1.58. The van der Waals surface area contributed by atoms with Gasteiger partial charge in [0.2, 0.25) is 11.5 Å². The fraction of sp³-hybridized carbons (Fsp3) is 0. The minimum Gasteiger partial charge on any atom is -0.358 e. The van der Waals surface area contributed by atoms with Gasteiger partial charge < -0.3 is 20.2 Å². The van der Waals surface area contributed by atoms with Gasteiger partial charge in [-0.2, -0.15) is 0 Å². The SMILES string of the molecule is O=[N+]([O-])c1cc(-c2cc([N+](=O)[O-])no2)on1. The van der Waals surface area contributed by atoms with Crippen molar-refractivity contribution in [3.05, 3.63) is 32.4 Å². The summed E-state index contributed by atoms with van der Waals surface area (Å²) in [5, 5.41) is 26.8. The summed E-state index contributed by atoms with van der Waals surface area (Å²) in [5.74, 6) is -1.25. The monoisotopic (exact) mass is 226 g/mol. The van der Waals surface area contributed by atoms with Gasteiger partial charge in [0.05, 0.1) is 12.1 Å². The average Bonchev–Trinajstić information content (AvgIpc) is 2.86. The highest BCUT2D eigenvalue weighted by molar-refractivity contribution is 5.53. The molecule has 0 spiro atoms. The Morgan fingerprint density at radius 1 is 0.938 bits per heavy atom. The van der Waals surface area contributed by atoms with E-state index in [2.05, 4.69) is 19.4 Å². The third-order valence-corrected chi connectivity index (χ3v) is 1.61. The molecule has 0 aliphatic rings. The van der Waals surface area contributed by atoms with Crippen LogP contribution in [0.5, 0.6) is 0 Å². The molecule has 2 rings (SSSR count). The van der Waals surface area contributed by atoms with Gasteiger partial charge in [0.25, 0.3) is 0 Å². The predicted molar refractivity (Wildman–Crippen MR) is 45.3 cm³/mol. The first kappa shape index (κ1) is 9.76. The molecule has 2 aromatic heterocycles. The Morgan fingerprint density at radius 3 is 1.56 bits per heavy atom. The smallest absolute Gasteiger partial charge is 0.358 e. The van der Waals surface area contributed by atoms with Crippen LogP contribution >= 0.6 is 0 Å². The van der Waals surface area contributed by atoms with E-state index < -0.39 is 21.5 Å². The standard InChI is InChI=1S/C6H2N4O6/c11-9(12)5-1-3(15-7-5)4-2-6(8-16-4)10(13)14/h1-2H. The van der Waals surface area contributed by atoms with Gasteiger partial charge >= 0.3 is 11.6 Å². The van der Waals surface area contributed by atoms with E-state index in [4.69, 9.17) is 0 Å². The largest absolute Gasteiger partial charge is 0.414 e. The molecule has 0 saturated carbocycles. The maximum atomic E-state index is 10.3. The molecule has 0 amide bonds. The number of hydrogen-bond acceptors (Lipinski definition) is 8. The summed E-state index contributed by atoms with van der Waals surface area (Å²) in [7, 11) is 0. The highest BCUT2D eigenvalue weighted by Crippen LogP contribution is 2.26. The molecule has 0 fully saturated rings. The van der Waals surface area contributed by atoms with E-state index in [-0.39, 0.29) is 11.5 Å². The molecule has 0 aliphatic heterocycles. The van der Waals surface area contributed by atoms with Crippen LogP contribution < -0.4 is 0 Å². The van der Waals surface area contributed by atoms with E-state index in [9.17, 15) is 20.2 Å². The van der Waals surface area contributed by atoms with Gasteiger partial charge in [-0.05, 0) is 9.85 Å². The number of nitro groups is 2. The minimum atomic E-state index is -0.766. The van der Waals surface area contributed by atoms with Crippen LogP contribution in [0.15, 0.2) is 21.2 Å². The van der Waals surface area contributed by atoms with Gasteiger partial charge in [-0.3, -0.25) is 9.05 Å². The van der Waals surface area contributed by atoms with Gasteiger partial charge in [-0.15, -0.1) is 0 Å². The Morgan fingerprint density at radius 2 is 1.31 bits per heavy atom. The normalized spacial score (nSPS) is 10.2. The lowest BCUT2D eigenvalue weighted by Crippen LogP contribution is -1.85. The second-order valence-corrected chi connectivity index (χ2v) is 2.61. The molecule has 10 heteroatoms. The first-order valence-electron chi connectivity index (χ1n) is 3.80. The molecule has 0 aliphatic carbocycles. The fourth-order valence-electron chi connectivity index (χ4n) is 0.936. The van der Waals surface area contributed by atoms with Gasteiger partial charge in [-0.25, -0.2) is 0 Å². The lowest BCUT2D eigenvalue weighted by atomic mass is 10.3. The second-order valence-electron chi connectivity index (χ2n) is 2.61. The first-order valence-corrected chi connectivity index (χ1v) is 3.80. The number of nitrogens with zero attached hydrogens (tertiary/aromatic N) is 4. The molecule has 82 valence electrons. The second kappa shape index (κ2) is 3.42. The van der Waals surface area contributed by atoms with E-state index in [1.54, 1.807) is 0 Å². The highest BCUT2D eigenvalue weighted by Gasteiger charge is 2.23. The Labute approximate surface area is 85.7 Å². The highest BCUT2D eigenvalue weighted by atomic mass is 16.6. The van der Waals surface area contributed by atoms with E-state index in [0.717, 1.165) is 12.1 Å². The van der Waals surface area contributed by atoms with Crippen molar-refractivity contribution in [1.29, 1.82) is 0 Å². The molecule has 2 heterocycles. The van der Waals surface area contributed by atoms with Crippen LogP contribution in [0.3, 0.4) is 0 Å². The van der Waals surface area contributed by atoms with Crippen LogP contribution in [0.4, 0.5) is 11.6 Å². The van der Waals surface area contributed by atoms with Crippen LogP contribution in [0, 0.1) is 20.2 Å². The van der Waals surface area contributed by atoms with Gasteiger partial charge in [-0.1, -0.05) is 0 Å². The summed E-state index contributed by atoms with van der Waals surface area (Å²) in [6.45, 7) is 0. The van der Waals surface area contributed by atoms with E-state index in [0.29, 0.717) is 0 Å². The first-order chi connectivity index (χ1) is 7.58. The molecular formula is C6H2N4O6. The van der Waals surface area contributed by atoms with Crippen molar-refractivity contribution in [2.75, 3.05) is 0 Å². The number of rotatable bonds is 3. The minimum absolute atomic E-state index is 0.104. The maximum absolute atomic E-state index is 10.3. The Bertz CT molecular complexity index is 507. The van der Waals surface area contributed by atoms with Gasteiger partial charge in [0.15, 0.2) is 10.3 Å². The molecule has 16 heavy (non-hydrogen) atoms. The van der Waals surface area contributed by atoms with E-state index in [1.165, 1.54) is 0 Å². The average molecular weight is 226 g/mol. The zero-order valence-corrected chi connectivity index (χ0v) is 7.39. The fourth-order valence-corrected chi connectivity index (χ4v) is 0.936. The topological polar surface area (TPSA) is 138 Å². The third-order valence-electron chi connectivity index (χ3n) is 1.61. The molecule has 0 radical (unpaired) electrons. The molecule has 0 aromatic carbocycles. The summed E-state index contributed by atoms with van der Waals surface area (Å²) >= 11 is 0. The predicted octanol–water partition coefficient (Wildman–Crippen LogP) is 1.15. The molecule has 0 saturated heterocycles. The molecular weight excluding hydrogens is 224 g/mol. The Balaban J connectivity index is 2.35. The molecule has 0 N–H and O–H groups in total. The zero-order chi connectivity index (χ0) is 11.7. The van der Waals surface area contributed by atoms with Crippen molar-refractivity contribution in [3.63, 3.8) is 0 Å². The van der Waals surface area contributed by atoms with Crippen molar-refractivity contribution in [3.8, 4) is 11.5 Å². The van der Waals surface area contributed by atoms with Crippen LogP contribution in [-0.4, -0.2) is 20.2 Å². The summed E-state index contributed by atoms with van der Waals surface area (Å²) < 4.78 is 9.11. The van der Waals surface area contributed by atoms with Gasteiger partial charge in [0, 0.05) is 0 Å². The van der Waals surface area contributed by atoms with Crippen molar-refractivity contribution < 1.29 is 18.9 Å². The molecule has 10 nitrogen and oxygen atoms in total. The lowest BCUT2D eigenvalue weighted by molar-refractivity contribution is -0.391. The summed E-state index contributed by atoms with van der Waals surface area (Å²) in [4.78, 5) is 19.0.